The highest BCUT2D eigenvalue weighted by molar-refractivity contribution is 6.18. The molecule has 43 heavy (non-hydrogen) atoms. The number of esters is 1. The second-order valence-corrected chi connectivity index (χ2v) is 11.9. The van der Waals surface area contributed by atoms with E-state index in [-0.39, 0.29) is 22.6 Å². The van der Waals surface area contributed by atoms with Gasteiger partial charge in [-0.2, -0.15) is 0 Å². The highest BCUT2D eigenvalue weighted by Gasteiger charge is 2.68. The summed E-state index contributed by atoms with van der Waals surface area (Å²) in [7, 11) is 0. The number of phenols is 4. The first kappa shape index (κ1) is 29.4. The molecule has 0 radical (unpaired) electrons. The number of amides is 1. The molecule has 6 N–H and O–H groups in total. The number of carboxylic acid groups (broad SMARTS) is 1. The second kappa shape index (κ2) is 10.3. The number of carbonyl (C=O) groups is 4. The predicted octanol–water partition coefficient (Wildman–Crippen LogP) is 4.22. The summed E-state index contributed by atoms with van der Waals surface area (Å²) >= 11 is 0. The summed E-state index contributed by atoms with van der Waals surface area (Å²) in [6.07, 6.45) is 0.742. The van der Waals surface area contributed by atoms with Gasteiger partial charge in [0.05, 0.1) is 22.7 Å². The van der Waals surface area contributed by atoms with Crippen LogP contribution < -0.4 is 5.32 Å². The van der Waals surface area contributed by atoms with Crippen molar-refractivity contribution in [2.75, 3.05) is 0 Å². The molecule has 5 rings (SSSR count). The smallest absolute Gasteiger partial charge is 0.338 e. The summed E-state index contributed by atoms with van der Waals surface area (Å²) in [6, 6.07) is 10.4. The Morgan fingerprint density at radius 3 is 2.07 bits per heavy atom. The van der Waals surface area contributed by atoms with E-state index in [1.165, 1.54) is 30.3 Å². The Hall–Kier alpha value is -5.06. The number of aromatic hydroxyl groups is 4. The zero-order valence-corrected chi connectivity index (χ0v) is 23.6. The first-order chi connectivity index (χ1) is 20.2. The van der Waals surface area contributed by atoms with E-state index in [9.17, 15) is 44.7 Å². The maximum Gasteiger partial charge on any atom is 0.338 e. The third-order valence-electron chi connectivity index (χ3n) is 9.48. The van der Waals surface area contributed by atoms with Crippen molar-refractivity contribution in [3.63, 3.8) is 0 Å². The van der Waals surface area contributed by atoms with Crippen LogP contribution in [0, 0.1) is 16.7 Å². The van der Waals surface area contributed by atoms with Crippen LogP contribution in [0.2, 0.25) is 0 Å². The quantitative estimate of drug-likeness (QED) is 0.172. The van der Waals surface area contributed by atoms with Gasteiger partial charge in [-0.3, -0.25) is 9.59 Å². The number of fused-ring (bicyclic) bond motifs is 2. The molecule has 2 bridgehead atoms. The van der Waals surface area contributed by atoms with Gasteiger partial charge in [-0.05, 0) is 72.7 Å². The van der Waals surface area contributed by atoms with Crippen molar-refractivity contribution in [2.45, 2.75) is 45.8 Å². The predicted molar refractivity (Wildman–Crippen MR) is 151 cm³/mol. The lowest BCUT2D eigenvalue weighted by Crippen LogP contribution is -2.51. The van der Waals surface area contributed by atoms with Gasteiger partial charge in [0, 0.05) is 11.0 Å². The summed E-state index contributed by atoms with van der Waals surface area (Å²) < 4.78 is 5.98. The first-order valence-electron chi connectivity index (χ1n) is 13.6. The molecule has 0 spiro atoms. The third kappa shape index (κ3) is 4.70. The largest absolute Gasteiger partial charge is 0.508 e. The monoisotopic (exact) mass is 589 g/mol. The maximum absolute atomic E-state index is 13.4. The van der Waals surface area contributed by atoms with Crippen molar-refractivity contribution < 1.29 is 49.4 Å². The molecule has 0 aromatic heterocycles. The molecule has 0 aliphatic heterocycles. The van der Waals surface area contributed by atoms with E-state index in [0.717, 1.165) is 37.1 Å². The van der Waals surface area contributed by atoms with Gasteiger partial charge in [0.25, 0.3) is 5.91 Å². The zero-order chi connectivity index (χ0) is 31.4. The first-order valence-corrected chi connectivity index (χ1v) is 13.6. The molecule has 4 atom stereocenters. The Bertz CT molecular complexity index is 1640. The van der Waals surface area contributed by atoms with Crippen LogP contribution in [0.1, 0.15) is 80.6 Å². The Labute approximate surface area is 246 Å². The minimum Gasteiger partial charge on any atom is -0.508 e. The van der Waals surface area contributed by atoms with Gasteiger partial charge >= 0.3 is 11.9 Å². The third-order valence-corrected chi connectivity index (χ3v) is 9.48. The normalized spacial score (nSPS) is 23.5. The Morgan fingerprint density at radius 2 is 1.47 bits per heavy atom. The average molecular weight is 590 g/mol. The number of benzene rings is 3. The number of nitrogens with one attached hydrogen (secondary N) is 1. The summed E-state index contributed by atoms with van der Waals surface area (Å²) in [5.41, 5.74) is -2.70. The number of hydrogen-bond acceptors (Lipinski definition) is 9. The molecule has 2 saturated carbocycles. The van der Waals surface area contributed by atoms with Crippen molar-refractivity contribution in [1.29, 1.82) is 0 Å². The van der Waals surface area contributed by atoms with E-state index >= 15 is 0 Å². The Balaban J connectivity index is 1.44. The Morgan fingerprint density at radius 1 is 0.837 bits per heavy atom. The fourth-order valence-corrected chi connectivity index (χ4v) is 6.76. The van der Waals surface area contributed by atoms with Gasteiger partial charge in [0.2, 0.25) is 5.78 Å². The summed E-state index contributed by atoms with van der Waals surface area (Å²) in [5.74, 6) is -6.32. The van der Waals surface area contributed by atoms with Crippen LogP contribution in [-0.2, 0) is 4.74 Å². The van der Waals surface area contributed by atoms with Crippen molar-refractivity contribution in [2.24, 2.45) is 16.7 Å². The minimum atomic E-state index is -1.51. The van der Waals surface area contributed by atoms with Crippen LogP contribution in [0.5, 0.6) is 23.0 Å². The highest BCUT2D eigenvalue weighted by Crippen LogP contribution is 2.66. The van der Waals surface area contributed by atoms with E-state index in [1.807, 2.05) is 6.92 Å². The molecule has 224 valence electrons. The summed E-state index contributed by atoms with van der Waals surface area (Å²) in [5, 5.41) is 53.6. The molecule has 11 nitrogen and oxygen atoms in total. The number of phenolic OH excluding ortho intramolecular Hbond substituents is 4. The van der Waals surface area contributed by atoms with Crippen molar-refractivity contribution >= 4 is 23.6 Å². The van der Waals surface area contributed by atoms with Crippen LogP contribution in [0.3, 0.4) is 0 Å². The molecular formula is C32H31NO10. The molecule has 11 heteroatoms. The number of ketones is 1. The van der Waals surface area contributed by atoms with Crippen molar-refractivity contribution in [3.8, 4) is 23.0 Å². The molecule has 0 heterocycles. The SMILES string of the molecule is CC1(C)[C@H]2CC[C@]1(C)[C@@H](OC(=O)c1cc(O)c(C(=O)c3c(O)cccc3C(=O)O)c(O)c1)[C@@H]2NC(=O)c1ccc(O)cc1. The molecule has 1 amide bonds. The van der Waals surface area contributed by atoms with Crippen LogP contribution >= 0.6 is 0 Å². The highest BCUT2D eigenvalue weighted by atomic mass is 16.5. The van der Waals surface area contributed by atoms with Gasteiger partial charge in [-0.25, -0.2) is 9.59 Å². The number of ether oxygens (including phenoxy) is 1. The lowest BCUT2D eigenvalue weighted by Gasteiger charge is -2.39. The average Bonchev–Trinajstić information content (AvgIpc) is 3.25. The lowest BCUT2D eigenvalue weighted by atomic mass is 9.70. The standard InChI is InChI=1S/C32H31NO10/c1-31(2)19-11-12-32(31,3)27(25(19)33-28(39)15-7-9-17(34)10-8-15)43-30(42)16-13-21(36)24(22(37)14-16)26(38)23-18(29(40)41)5-4-6-20(23)35/h4-10,13-14,19,25,27,34-37H,11-12H2,1-3H3,(H,33,39)(H,40,41)/t19-,25+,27-,32+/m0/s1. The van der Waals surface area contributed by atoms with Crippen LogP contribution in [0.4, 0.5) is 0 Å². The number of rotatable bonds is 7. The number of aromatic carboxylic acids is 1. The summed E-state index contributed by atoms with van der Waals surface area (Å²) in [4.78, 5) is 51.3. The van der Waals surface area contributed by atoms with E-state index < -0.39 is 75.1 Å². The van der Waals surface area contributed by atoms with E-state index in [1.54, 1.807) is 0 Å². The van der Waals surface area contributed by atoms with Crippen molar-refractivity contribution in [3.05, 3.63) is 82.4 Å². The molecular weight excluding hydrogens is 558 g/mol. The minimum absolute atomic E-state index is 0.0130. The van der Waals surface area contributed by atoms with Gasteiger partial charge in [-0.1, -0.05) is 26.8 Å². The van der Waals surface area contributed by atoms with Gasteiger partial charge in [0.15, 0.2) is 0 Å². The van der Waals surface area contributed by atoms with Gasteiger partial charge in [0.1, 0.15) is 34.7 Å². The number of carboxylic acids is 1. The molecule has 3 aromatic rings. The topological polar surface area (TPSA) is 191 Å². The molecule has 3 aromatic carbocycles. The molecule has 2 fully saturated rings. The second-order valence-electron chi connectivity index (χ2n) is 11.9. The molecule has 2 aliphatic carbocycles. The lowest BCUT2D eigenvalue weighted by molar-refractivity contribution is -0.0326. The maximum atomic E-state index is 13.4. The van der Waals surface area contributed by atoms with Crippen LogP contribution in [-0.4, -0.2) is 61.3 Å². The van der Waals surface area contributed by atoms with Crippen molar-refractivity contribution in [1.82, 2.24) is 5.32 Å². The van der Waals surface area contributed by atoms with E-state index in [4.69, 9.17) is 4.74 Å². The summed E-state index contributed by atoms with van der Waals surface area (Å²) in [6.45, 7) is 6.10. The van der Waals surface area contributed by atoms with Crippen LogP contribution in [0.25, 0.3) is 0 Å². The molecule has 0 unspecified atom stereocenters. The Kier molecular flexibility index (Phi) is 7.08. The zero-order valence-electron chi connectivity index (χ0n) is 23.6. The van der Waals surface area contributed by atoms with Gasteiger partial charge < -0.3 is 35.6 Å². The fraction of sp³-hybridized carbons (Fsp3) is 0.312. The molecule has 0 saturated heterocycles. The molecule has 2 aliphatic rings. The van der Waals surface area contributed by atoms with E-state index in [0.29, 0.717) is 5.56 Å². The van der Waals surface area contributed by atoms with Crippen LogP contribution in [0.15, 0.2) is 54.6 Å². The number of hydrogen-bond donors (Lipinski definition) is 6. The van der Waals surface area contributed by atoms with E-state index in [2.05, 4.69) is 19.2 Å². The number of carbonyl (C=O) groups excluding carboxylic acids is 3. The van der Waals surface area contributed by atoms with Gasteiger partial charge in [-0.15, -0.1) is 0 Å². The fourth-order valence-electron chi connectivity index (χ4n) is 6.76.